The number of likely N-dealkylation sites (N-methyl/N-ethyl adjacent to an activating group) is 1. The molecular weight excluding hydrogens is 441 g/mol. The van der Waals surface area contributed by atoms with E-state index in [-0.39, 0.29) is 12.6 Å². The topological polar surface area (TPSA) is 20.6 Å². The Morgan fingerprint density at radius 3 is 2.18 bits per heavy atom. The molecule has 1 aromatic heterocycles. The molecule has 0 aliphatic carbocycles. The van der Waals surface area contributed by atoms with Gasteiger partial charge in [-0.1, -0.05) is 0 Å². The van der Waals surface area contributed by atoms with Gasteiger partial charge in [0.15, 0.2) is 0 Å². The molecule has 1 fully saturated rings. The summed E-state index contributed by atoms with van der Waals surface area (Å²) >= 11 is 0. The maximum atomic E-state index is 14.2. The van der Waals surface area contributed by atoms with E-state index in [1.165, 1.54) is 10.6 Å². The fourth-order valence-corrected chi connectivity index (χ4v) is 5.18. The van der Waals surface area contributed by atoms with Crippen molar-refractivity contribution < 1.29 is 26.7 Å². The molecule has 0 N–H and O–H groups in total. The lowest BCUT2D eigenvalue weighted by atomic mass is 9.81. The zero-order valence-corrected chi connectivity index (χ0v) is 19.3. The van der Waals surface area contributed by atoms with Gasteiger partial charge in [-0.25, -0.2) is 0 Å². The monoisotopic (exact) mass is 471 g/mol. The van der Waals surface area contributed by atoms with Gasteiger partial charge in [0.25, 0.3) is 0 Å². The lowest BCUT2D eigenvalue weighted by Crippen LogP contribution is -2.56. The molecule has 33 heavy (non-hydrogen) atoms. The van der Waals surface area contributed by atoms with E-state index in [1.807, 2.05) is 40.0 Å². The van der Waals surface area contributed by atoms with Crippen molar-refractivity contribution in [2.75, 3.05) is 31.6 Å². The number of hydrogen-bond acceptors (Lipinski definition) is 3. The van der Waals surface area contributed by atoms with E-state index in [2.05, 4.69) is 15.9 Å². The molecule has 0 unspecified atom stereocenters. The second-order valence-corrected chi connectivity index (χ2v) is 9.38. The highest BCUT2D eigenvalue weighted by molar-refractivity contribution is 5.53. The minimum Gasteiger partial charge on any atom is -0.491 e. The molecule has 0 amide bonds. The van der Waals surface area contributed by atoms with Crippen molar-refractivity contribution in [1.29, 1.82) is 0 Å². The number of halogens is 5. The first kappa shape index (κ1) is 23.9. The van der Waals surface area contributed by atoms with Crippen molar-refractivity contribution in [1.82, 2.24) is 9.47 Å². The van der Waals surface area contributed by atoms with Gasteiger partial charge in [-0.15, -0.1) is 0 Å². The van der Waals surface area contributed by atoms with Crippen LogP contribution in [0.3, 0.4) is 0 Å². The van der Waals surface area contributed by atoms with E-state index >= 15 is 0 Å². The Morgan fingerprint density at radius 1 is 0.939 bits per heavy atom. The van der Waals surface area contributed by atoms with Gasteiger partial charge in [-0.05, 0) is 76.6 Å². The number of fused-ring (bicyclic) bond motifs is 2. The average Bonchev–Trinajstić information content (AvgIpc) is 3.18. The minimum absolute atomic E-state index is 0.0806. The number of ether oxygens (including phenoxy) is 1. The summed E-state index contributed by atoms with van der Waals surface area (Å²) in [5, 5.41) is 0. The summed E-state index contributed by atoms with van der Waals surface area (Å²) in [5.74, 6) is -4.04. The Kier molecular flexibility index (Phi) is 5.91. The van der Waals surface area contributed by atoms with Crippen molar-refractivity contribution in [3.63, 3.8) is 0 Å². The molecule has 182 valence electrons. The van der Waals surface area contributed by atoms with Gasteiger partial charge in [0.05, 0.1) is 17.3 Å². The maximum absolute atomic E-state index is 14.2. The molecule has 1 aromatic carbocycles. The molecule has 1 spiro atoms. The molecule has 2 aliphatic rings. The molecular formula is C24H30F5N3O. The zero-order valence-electron chi connectivity index (χ0n) is 19.3. The van der Waals surface area contributed by atoms with Gasteiger partial charge in [-0.2, -0.15) is 22.0 Å². The fraction of sp³-hybridized carbons (Fsp3) is 0.583. The Bertz CT molecular complexity index is 1010. The van der Waals surface area contributed by atoms with Crippen molar-refractivity contribution in [2.24, 2.45) is 0 Å². The summed E-state index contributed by atoms with van der Waals surface area (Å²) in [6, 6.07) is 8.46. The molecule has 1 saturated heterocycles. The molecule has 4 nitrogen and oxygen atoms in total. The zero-order chi connectivity index (χ0) is 24.2. The largest absolute Gasteiger partial charge is 0.491 e. The van der Waals surface area contributed by atoms with Crippen LogP contribution in [0.25, 0.3) is 0 Å². The van der Waals surface area contributed by atoms with Crippen LogP contribution in [-0.4, -0.2) is 48.4 Å². The van der Waals surface area contributed by atoms with Crippen molar-refractivity contribution in [2.45, 2.75) is 63.9 Å². The van der Waals surface area contributed by atoms with Crippen LogP contribution in [0.1, 0.15) is 43.6 Å². The van der Waals surface area contributed by atoms with E-state index in [1.54, 1.807) is 0 Å². The van der Waals surface area contributed by atoms with Gasteiger partial charge in [0.1, 0.15) is 5.75 Å². The Morgan fingerprint density at radius 2 is 1.61 bits per heavy atom. The lowest BCUT2D eigenvalue weighted by molar-refractivity contribution is -0.292. The molecule has 0 bridgehead atoms. The molecule has 3 heterocycles. The van der Waals surface area contributed by atoms with Crippen LogP contribution in [-0.2, 0) is 18.0 Å². The summed E-state index contributed by atoms with van der Waals surface area (Å²) in [5.41, 5.74) is 1.11. The third-order valence-corrected chi connectivity index (χ3v) is 7.00. The quantitative estimate of drug-likeness (QED) is 0.536. The predicted octanol–water partition coefficient (Wildman–Crippen LogP) is 5.68. The Balaban J connectivity index is 1.58. The molecule has 0 radical (unpaired) electrons. The Hall–Kier alpha value is -2.29. The van der Waals surface area contributed by atoms with E-state index in [9.17, 15) is 22.0 Å². The third kappa shape index (κ3) is 3.98. The van der Waals surface area contributed by atoms with Crippen LogP contribution in [0.2, 0.25) is 0 Å². The third-order valence-electron chi connectivity index (χ3n) is 7.00. The number of piperidine rings is 1. The van der Waals surface area contributed by atoms with E-state index in [0.717, 1.165) is 23.1 Å². The van der Waals surface area contributed by atoms with Crippen LogP contribution in [0.15, 0.2) is 30.3 Å². The minimum atomic E-state index is -5.62. The second-order valence-electron chi connectivity index (χ2n) is 9.38. The normalized spacial score (nSPS) is 19.3. The van der Waals surface area contributed by atoms with Gasteiger partial charge >= 0.3 is 12.1 Å². The number of benzene rings is 1. The van der Waals surface area contributed by atoms with Crippen molar-refractivity contribution in [3.05, 3.63) is 47.3 Å². The lowest BCUT2D eigenvalue weighted by Gasteiger charge is -2.51. The first-order chi connectivity index (χ1) is 15.4. The van der Waals surface area contributed by atoms with E-state index in [4.69, 9.17) is 4.74 Å². The van der Waals surface area contributed by atoms with E-state index < -0.39 is 23.3 Å². The van der Waals surface area contributed by atoms with Crippen LogP contribution < -0.4 is 9.64 Å². The predicted molar refractivity (Wildman–Crippen MR) is 117 cm³/mol. The average molecular weight is 472 g/mol. The standard InChI is InChI=1S/C24H30F5N3O/c1-16(2)33-19-6-5-18(15-17(19)3)31-11-9-22(10-12-31)20-7-8-21(23(25,26)24(27,28)29)32(20)14-13-30(22)4/h5-8,15-16H,9-14H2,1-4H3. The van der Waals surface area contributed by atoms with Gasteiger partial charge < -0.3 is 14.2 Å². The molecule has 9 heteroatoms. The summed E-state index contributed by atoms with van der Waals surface area (Å²) in [6.45, 7) is 7.82. The number of aromatic nitrogens is 1. The highest BCUT2D eigenvalue weighted by atomic mass is 19.4. The number of rotatable bonds is 4. The highest BCUT2D eigenvalue weighted by Gasteiger charge is 2.61. The first-order valence-electron chi connectivity index (χ1n) is 11.3. The molecule has 4 rings (SSSR count). The van der Waals surface area contributed by atoms with Crippen LogP contribution in [0, 0.1) is 6.92 Å². The maximum Gasteiger partial charge on any atom is 0.459 e. The van der Waals surface area contributed by atoms with Crippen molar-refractivity contribution >= 4 is 5.69 Å². The summed E-state index contributed by atoms with van der Waals surface area (Å²) in [7, 11) is 1.93. The number of hydrogen-bond donors (Lipinski definition) is 0. The number of aryl methyl sites for hydroxylation is 1. The molecule has 0 atom stereocenters. The number of alkyl halides is 5. The SMILES string of the molecule is Cc1cc(N2CCC3(CC2)c2ccc(C(F)(F)C(F)(F)F)n2CCN3C)ccc1OC(C)C. The van der Waals surface area contributed by atoms with Crippen molar-refractivity contribution in [3.8, 4) is 5.75 Å². The van der Waals surface area contributed by atoms with E-state index in [0.29, 0.717) is 38.2 Å². The number of nitrogens with zero attached hydrogens (tertiary/aromatic N) is 3. The van der Waals surface area contributed by atoms with Crippen LogP contribution in [0.5, 0.6) is 5.75 Å². The second kappa shape index (κ2) is 8.18. The summed E-state index contributed by atoms with van der Waals surface area (Å²) in [6.07, 6.45) is -4.27. The highest BCUT2D eigenvalue weighted by Crippen LogP contribution is 2.48. The smallest absolute Gasteiger partial charge is 0.459 e. The van der Waals surface area contributed by atoms with Crippen LogP contribution in [0.4, 0.5) is 27.6 Å². The number of anilines is 1. The molecule has 2 aliphatic heterocycles. The van der Waals surface area contributed by atoms with Crippen LogP contribution >= 0.6 is 0 Å². The van der Waals surface area contributed by atoms with Gasteiger partial charge in [0.2, 0.25) is 0 Å². The summed E-state index contributed by atoms with van der Waals surface area (Å²) in [4.78, 5) is 4.35. The summed E-state index contributed by atoms with van der Waals surface area (Å²) < 4.78 is 74.6. The molecule has 0 saturated carbocycles. The Labute approximate surface area is 190 Å². The van der Waals surface area contributed by atoms with Gasteiger partial charge in [0, 0.05) is 37.6 Å². The molecule has 2 aromatic rings. The first-order valence-corrected chi connectivity index (χ1v) is 11.3. The fourth-order valence-electron chi connectivity index (χ4n) is 5.18. The van der Waals surface area contributed by atoms with Gasteiger partial charge in [-0.3, -0.25) is 4.90 Å².